The van der Waals surface area contributed by atoms with Gasteiger partial charge in [0.05, 0.1) is 26.7 Å². The minimum Gasteiger partial charge on any atom is -0.469 e. The van der Waals surface area contributed by atoms with Crippen molar-refractivity contribution in [2.24, 2.45) is 35.5 Å². The number of ketones is 1. The van der Waals surface area contributed by atoms with Gasteiger partial charge in [-0.15, -0.1) is 0 Å². The summed E-state index contributed by atoms with van der Waals surface area (Å²) < 4.78 is 53.5. The molecule has 0 radical (unpaired) electrons. The summed E-state index contributed by atoms with van der Waals surface area (Å²) in [5, 5.41) is 0. The Labute approximate surface area is 378 Å². The van der Waals surface area contributed by atoms with E-state index in [2.05, 4.69) is 0 Å². The van der Waals surface area contributed by atoms with E-state index in [1.54, 1.807) is 27.7 Å². The van der Waals surface area contributed by atoms with Crippen molar-refractivity contribution in [3.05, 3.63) is 11.6 Å². The SMILES string of the molecule is CCC(=O)O[C@@H](C/C=C(\C)C(=O)OC)[C@H](C(=O)OC)[C@@H](OC(C)=O)[C@@H](C[C@H](C)[C@H](OC(=O)CC(C)C)[C@@H]1C[C@H](C)C[C@]2(C[C@H](C)C[C@](CC(C)=O)(OC(C)=O)O2)O1)OC(=O)CC(C)C. The van der Waals surface area contributed by atoms with Gasteiger partial charge in [-0.25, -0.2) is 4.79 Å². The van der Waals surface area contributed by atoms with Gasteiger partial charge in [0.15, 0.2) is 11.9 Å². The summed E-state index contributed by atoms with van der Waals surface area (Å²) in [7, 11) is 2.29. The van der Waals surface area contributed by atoms with E-state index in [4.69, 9.17) is 42.6 Å². The lowest BCUT2D eigenvalue weighted by atomic mass is 9.78. The minimum atomic E-state index is -1.65. The molecule has 64 heavy (non-hydrogen) atoms. The van der Waals surface area contributed by atoms with Crippen molar-refractivity contribution in [2.75, 3.05) is 14.2 Å². The number of methoxy groups -OCH3 is 2. The number of hydrogen-bond acceptors (Lipinski definition) is 17. The summed E-state index contributed by atoms with van der Waals surface area (Å²) in [6.45, 7) is 19.7. The summed E-state index contributed by atoms with van der Waals surface area (Å²) in [6, 6.07) is 0. The van der Waals surface area contributed by atoms with E-state index in [0.717, 1.165) is 14.0 Å². The first-order valence-corrected chi connectivity index (χ1v) is 22.4. The van der Waals surface area contributed by atoms with E-state index in [9.17, 15) is 38.4 Å². The quantitative estimate of drug-likeness (QED) is 0.0593. The third kappa shape index (κ3) is 17.5. The molecule has 0 unspecified atom stereocenters. The highest BCUT2D eigenvalue weighted by molar-refractivity contribution is 5.87. The van der Waals surface area contributed by atoms with Crippen molar-refractivity contribution >= 4 is 47.6 Å². The number of Topliss-reactive ketones (excluding diaryl/α,β-unsaturated/α-hetero) is 1. The lowest BCUT2D eigenvalue weighted by Gasteiger charge is -2.54. The van der Waals surface area contributed by atoms with Crippen LogP contribution in [0.25, 0.3) is 0 Å². The second-order valence-electron chi connectivity index (χ2n) is 18.6. The molecule has 0 aromatic rings. The smallest absolute Gasteiger partial charge is 0.333 e. The van der Waals surface area contributed by atoms with Gasteiger partial charge in [-0.1, -0.05) is 61.5 Å². The Kier molecular flexibility index (Phi) is 22.1. The van der Waals surface area contributed by atoms with Crippen LogP contribution in [0, 0.1) is 35.5 Å². The number of hydrogen-bond donors (Lipinski definition) is 0. The first-order chi connectivity index (χ1) is 29.8. The van der Waals surface area contributed by atoms with Crippen LogP contribution in [0.2, 0.25) is 0 Å². The molecule has 0 bridgehead atoms. The van der Waals surface area contributed by atoms with E-state index in [-0.39, 0.29) is 80.0 Å². The monoisotopic (exact) mass is 910 g/mol. The van der Waals surface area contributed by atoms with E-state index < -0.39 is 95.7 Å². The second kappa shape index (κ2) is 25.4. The molecule has 2 aliphatic rings. The van der Waals surface area contributed by atoms with Crippen LogP contribution in [0.1, 0.15) is 147 Å². The Morgan fingerprint density at radius 2 is 1.30 bits per heavy atom. The predicted octanol–water partition coefficient (Wildman–Crippen LogP) is 6.68. The Balaban J connectivity index is 2.86. The van der Waals surface area contributed by atoms with Crippen LogP contribution in [0.5, 0.6) is 0 Å². The fourth-order valence-corrected chi connectivity index (χ4v) is 8.84. The molecule has 2 aliphatic heterocycles. The van der Waals surface area contributed by atoms with Crippen molar-refractivity contribution in [1.82, 2.24) is 0 Å². The highest BCUT2D eigenvalue weighted by Gasteiger charge is 2.56. The lowest BCUT2D eigenvalue weighted by molar-refractivity contribution is -0.405. The highest BCUT2D eigenvalue weighted by Crippen LogP contribution is 2.50. The molecule has 0 aliphatic carbocycles. The number of esters is 7. The Morgan fingerprint density at radius 1 is 0.719 bits per heavy atom. The molecular formula is C47H74O17. The molecule has 0 aromatic carbocycles. The Hall–Kier alpha value is -4.38. The van der Waals surface area contributed by atoms with Crippen molar-refractivity contribution in [3.8, 4) is 0 Å². The normalized spacial score (nSPS) is 25.2. The van der Waals surface area contributed by atoms with E-state index in [1.807, 2.05) is 27.7 Å². The van der Waals surface area contributed by atoms with Gasteiger partial charge in [0.1, 0.15) is 30.0 Å². The van der Waals surface area contributed by atoms with Crippen LogP contribution >= 0.6 is 0 Å². The Morgan fingerprint density at radius 3 is 1.81 bits per heavy atom. The summed E-state index contributed by atoms with van der Waals surface area (Å²) in [4.78, 5) is 105. The molecule has 1 spiro atoms. The van der Waals surface area contributed by atoms with Gasteiger partial charge in [0.2, 0.25) is 5.79 Å². The second-order valence-corrected chi connectivity index (χ2v) is 18.6. The van der Waals surface area contributed by atoms with Crippen LogP contribution in [-0.4, -0.2) is 104 Å². The molecule has 0 amide bonds. The van der Waals surface area contributed by atoms with Crippen molar-refractivity contribution in [2.45, 2.75) is 189 Å². The fraction of sp³-hybridized carbons (Fsp3) is 0.787. The maximum atomic E-state index is 14.0. The van der Waals surface area contributed by atoms with Crippen molar-refractivity contribution in [3.63, 3.8) is 0 Å². The minimum absolute atomic E-state index is 0.0502. The van der Waals surface area contributed by atoms with Gasteiger partial charge in [-0.3, -0.25) is 33.6 Å². The topological polar surface area (TPSA) is 220 Å². The average Bonchev–Trinajstić information content (AvgIpc) is 3.15. The molecule has 364 valence electrons. The van der Waals surface area contributed by atoms with Crippen molar-refractivity contribution < 1.29 is 81.0 Å². The molecule has 2 heterocycles. The molecule has 11 atom stereocenters. The molecule has 0 saturated carbocycles. The number of rotatable bonds is 23. The number of carbonyl (C=O) groups is 8. The average molecular weight is 911 g/mol. The zero-order valence-corrected chi connectivity index (χ0v) is 40.4. The van der Waals surface area contributed by atoms with Gasteiger partial charge in [-0.05, 0) is 56.3 Å². The lowest BCUT2D eigenvalue weighted by Crippen LogP contribution is -2.60. The standard InChI is InChI=1S/C47H74O17/c1-15-38(51)59-35(17-16-30(8)44(54)56-13)41(45(55)57-14)43(58-33(11)49)36(60-39(52)18-26(2)3)21-31(9)42(61-40(53)19-27(4)5)37-20-28(6)22-46(63-37)23-29(7)24-47(64-46,25-32(10)48)62-34(12)50/h16,26-29,31,35-37,41-43H,15,17-25H2,1-14H3/b30-16+/t28-,29-,31-,35-,36+,37-,41-,42-,43-,46-,47-/m0/s1. The van der Waals surface area contributed by atoms with E-state index in [1.165, 1.54) is 34.0 Å². The van der Waals surface area contributed by atoms with Crippen molar-refractivity contribution in [1.29, 1.82) is 0 Å². The maximum absolute atomic E-state index is 14.0. The number of ether oxygens (including phenoxy) is 9. The molecule has 2 saturated heterocycles. The van der Waals surface area contributed by atoms with Crippen LogP contribution in [0.4, 0.5) is 0 Å². The van der Waals surface area contributed by atoms with Crippen LogP contribution < -0.4 is 0 Å². The first-order valence-electron chi connectivity index (χ1n) is 22.4. The maximum Gasteiger partial charge on any atom is 0.333 e. The van der Waals surface area contributed by atoms with Crippen LogP contribution in [0.3, 0.4) is 0 Å². The zero-order valence-electron chi connectivity index (χ0n) is 40.4. The van der Waals surface area contributed by atoms with Gasteiger partial charge >= 0.3 is 41.8 Å². The summed E-state index contributed by atoms with van der Waals surface area (Å²) in [6.07, 6.45) is -4.44. The largest absolute Gasteiger partial charge is 0.469 e. The third-order valence-electron chi connectivity index (χ3n) is 11.1. The third-order valence-corrected chi connectivity index (χ3v) is 11.1. The summed E-state index contributed by atoms with van der Waals surface area (Å²) in [5.41, 5.74) is 0.134. The fourth-order valence-electron chi connectivity index (χ4n) is 8.84. The van der Waals surface area contributed by atoms with E-state index in [0.29, 0.717) is 19.3 Å². The molecule has 17 heteroatoms. The molecule has 2 fully saturated rings. The summed E-state index contributed by atoms with van der Waals surface area (Å²) in [5.74, 6) is -11.2. The van der Waals surface area contributed by atoms with Crippen LogP contribution in [-0.2, 0) is 81.0 Å². The predicted molar refractivity (Wildman–Crippen MR) is 229 cm³/mol. The first kappa shape index (κ1) is 55.8. The van der Waals surface area contributed by atoms with Gasteiger partial charge < -0.3 is 42.6 Å². The molecule has 2 rings (SSSR count). The molecule has 17 nitrogen and oxygen atoms in total. The number of carbonyl (C=O) groups excluding carboxylic acids is 8. The van der Waals surface area contributed by atoms with Crippen LogP contribution in [0.15, 0.2) is 11.6 Å². The van der Waals surface area contributed by atoms with Gasteiger partial charge in [-0.2, -0.15) is 0 Å². The van der Waals surface area contributed by atoms with E-state index >= 15 is 0 Å². The van der Waals surface area contributed by atoms with Gasteiger partial charge in [0.25, 0.3) is 0 Å². The zero-order chi connectivity index (χ0) is 48.7. The van der Waals surface area contributed by atoms with Gasteiger partial charge in [0, 0.05) is 64.4 Å². The molecule has 0 N–H and O–H groups in total. The Bertz CT molecular complexity index is 1650. The molecular weight excluding hydrogens is 836 g/mol. The highest BCUT2D eigenvalue weighted by atomic mass is 16.8. The molecule has 0 aromatic heterocycles. The summed E-state index contributed by atoms with van der Waals surface area (Å²) >= 11 is 0.